The molecule has 0 atom stereocenters. The van der Waals surface area contributed by atoms with E-state index in [-0.39, 0.29) is 30.9 Å². The summed E-state index contributed by atoms with van der Waals surface area (Å²) in [5.41, 5.74) is -0.366. The van der Waals surface area contributed by atoms with Crippen LogP contribution in [0.3, 0.4) is 0 Å². The summed E-state index contributed by atoms with van der Waals surface area (Å²) in [4.78, 5) is 0.694. The lowest BCUT2D eigenvalue weighted by molar-refractivity contribution is 0.131. The van der Waals surface area contributed by atoms with Gasteiger partial charge in [-0.2, -0.15) is 0 Å². The lowest BCUT2D eigenvalue weighted by atomic mass is 10.1. The van der Waals surface area contributed by atoms with Gasteiger partial charge in [0, 0.05) is 0 Å². The van der Waals surface area contributed by atoms with Crippen LogP contribution < -0.4 is 14.2 Å². The van der Waals surface area contributed by atoms with Gasteiger partial charge in [-0.3, -0.25) is 0 Å². The second-order valence-electron chi connectivity index (χ2n) is 11.6. The number of hydrogen-bond acceptors (Lipinski definition) is 8. The van der Waals surface area contributed by atoms with Crippen LogP contribution in [0.25, 0.3) is 0 Å². The fourth-order valence-electron chi connectivity index (χ4n) is 4.48. The predicted octanol–water partition coefficient (Wildman–Crippen LogP) is 7.64. The van der Waals surface area contributed by atoms with E-state index in [0.717, 1.165) is 32.1 Å². The van der Waals surface area contributed by atoms with Crippen molar-refractivity contribution in [2.24, 2.45) is 0 Å². The lowest BCUT2D eigenvalue weighted by Crippen LogP contribution is -2.22. The van der Waals surface area contributed by atoms with Crippen LogP contribution in [0.1, 0.15) is 52.9 Å². The van der Waals surface area contributed by atoms with Gasteiger partial charge in [0.15, 0.2) is 0 Å². The summed E-state index contributed by atoms with van der Waals surface area (Å²) >= 11 is 0. The SMILES string of the molecule is CC(C)(C)Oc1ccc(S(=O)(=O)c2ccc(OCCCCCCCOc3ccc(S(=O)(=O)c4ccc(O)cc4)cc3)cc2)cc1. The normalized spacial score (nSPS) is 12.1. The zero-order valence-electron chi connectivity index (χ0n) is 25.8. The van der Waals surface area contributed by atoms with Crippen LogP contribution in [0.15, 0.2) is 117 Å². The molecule has 0 bridgehead atoms. The van der Waals surface area contributed by atoms with E-state index in [2.05, 4.69) is 0 Å². The first-order chi connectivity index (χ1) is 21.3. The first-order valence-electron chi connectivity index (χ1n) is 14.9. The fourth-order valence-corrected chi connectivity index (χ4v) is 7.00. The van der Waals surface area contributed by atoms with E-state index in [1.807, 2.05) is 20.8 Å². The maximum absolute atomic E-state index is 13.0. The fraction of sp³-hybridized carbons (Fsp3) is 0.314. The van der Waals surface area contributed by atoms with Crippen LogP contribution >= 0.6 is 0 Å². The smallest absolute Gasteiger partial charge is 0.206 e. The average Bonchev–Trinajstić information content (AvgIpc) is 3.00. The first-order valence-corrected chi connectivity index (χ1v) is 17.9. The maximum atomic E-state index is 13.0. The molecule has 0 amide bonds. The number of ether oxygens (including phenoxy) is 3. The number of phenols is 1. The zero-order valence-corrected chi connectivity index (χ0v) is 27.4. The number of aromatic hydroxyl groups is 1. The number of benzene rings is 4. The molecule has 0 saturated heterocycles. The van der Waals surface area contributed by atoms with Gasteiger partial charge in [0.2, 0.25) is 19.7 Å². The van der Waals surface area contributed by atoms with Crippen LogP contribution in [0.4, 0.5) is 0 Å². The summed E-state index contributed by atoms with van der Waals surface area (Å²) in [6, 6.07) is 24.7. The lowest BCUT2D eigenvalue weighted by Gasteiger charge is -2.21. The molecule has 8 nitrogen and oxygen atoms in total. The number of rotatable bonds is 15. The quantitative estimate of drug-likeness (QED) is 0.130. The van der Waals surface area contributed by atoms with Gasteiger partial charge in [-0.1, -0.05) is 19.3 Å². The number of phenolic OH excluding ortho intramolecular Hbond substituents is 1. The Hall–Kier alpha value is -4.02. The van der Waals surface area contributed by atoms with Gasteiger partial charge in [-0.15, -0.1) is 0 Å². The van der Waals surface area contributed by atoms with E-state index in [1.54, 1.807) is 60.7 Å². The second-order valence-corrected chi connectivity index (χ2v) is 15.5. The summed E-state index contributed by atoms with van der Waals surface area (Å²) in [5, 5.41) is 9.39. The van der Waals surface area contributed by atoms with E-state index in [4.69, 9.17) is 14.2 Å². The summed E-state index contributed by atoms with van der Waals surface area (Å²) in [6.07, 6.45) is 4.75. The van der Waals surface area contributed by atoms with Crippen LogP contribution in [-0.2, 0) is 19.7 Å². The maximum Gasteiger partial charge on any atom is 0.206 e. The van der Waals surface area contributed by atoms with Crippen molar-refractivity contribution in [3.05, 3.63) is 97.1 Å². The van der Waals surface area contributed by atoms with E-state index in [9.17, 15) is 21.9 Å². The van der Waals surface area contributed by atoms with Crippen molar-refractivity contribution in [3.63, 3.8) is 0 Å². The molecule has 4 aromatic carbocycles. The molecule has 4 aromatic rings. The van der Waals surface area contributed by atoms with E-state index in [1.165, 1.54) is 36.4 Å². The minimum atomic E-state index is -3.66. The molecule has 45 heavy (non-hydrogen) atoms. The highest BCUT2D eigenvalue weighted by molar-refractivity contribution is 7.91. The standard InChI is InChI=1S/C35H40O8S2/c1-35(2,3)43-30-15-23-34(24-16-30)45(39,40)33-21-13-29(14-22-33)42-26-8-6-4-5-7-25-41-28-11-19-32(20-12-28)44(37,38)31-17-9-27(36)10-18-31/h9-24,36H,4-8,25-26H2,1-3H3. The van der Waals surface area contributed by atoms with Gasteiger partial charge in [-0.05, 0) is 131 Å². The largest absolute Gasteiger partial charge is 0.508 e. The minimum Gasteiger partial charge on any atom is -0.508 e. The molecule has 0 radical (unpaired) electrons. The van der Waals surface area contributed by atoms with Crippen molar-refractivity contribution >= 4 is 19.7 Å². The highest BCUT2D eigenvalue weighted by Crippen LogP contribution is 2.27. The van der Waals surface area contributed by atoms with Crippen molar-refractivity contribution in [3.8, 4) is 23.0 Å². The Morgan fingerprint density at radius 1 is 0.489 bits per heavy atom. The molecule has 240 valence electrons. The van der Waals surface area contributed by atoms with E-state index in [0.29, 0.717) is 30.5 Å². The molecule has 1 N–H and O–H groups in total. The third-order valence-corrected chi connectivity index (χ3v) is 10.4. The summed E-state index contributed by atoms with van der Waals surface area (Å²) in [7, 11) is -7.31. The highest BCUT2D eigenvalue weighted by Gasteiger charge is 2.19. The summed E-state index contributed by atoms with van der Waals surface area (Å²) in [5.74, 6) is 1.86. The van der Waals surface area contributed by atoms with Crippen LogP contribution in [0.2, 0.25) is 0 Å². The van der Waals surface area contributed by atoms with Crippen molar-refractivity contribution in [2.45, 2.75) is 78.1 Å². The average molecular weight is 653 g/mol. The molecule has 0 unspecified atom stereocenters. The van der Waals surface area contributed by atoms with Crippen LogP contribution in [0, 0.1) is 0 Å². The van der Waals surface area contributed by atoms with Gasteiger partial charge in [0.05, 0.1) is 32.8 Å². The number of sulfone groups is 2. The first kappa shape index (κ1) is 33.9. The van der Waals surface area contributed by atoms with Gasteiger partial charge < -0.3 is 19.3 Å². The molecule has 0 aromatic heterocycles. The Morgan fingerprint density at radius 2 is 0.800 bits per heavy atom. The topological polar surface area (TPSA) is 116 Å². The van der Waals surface area contributed by atoms with Crippen molar-refractivity contribution < 1.29 is 36.2 Å². The number of unbranched alkanes of at least 4 members (excludes halogenated alkanes) is 4. The molecule has 0 aliphatic carbocycles. The Labute approximate surface area is 266 Å². The zero-order chi connectivity index (χ0) is 32.5. The Bertz CT molecular complexity index is 1720. The molecule has 4 rings (SSSR count). The van der Waals surface area contributed by atoms with Crippen LogP contribution in [-0.4, -0.2) is 40.8 Å². The number of hydrogen-bond donors (Lipinski definition) is 1. The Morgan fingerprint density at radius 3 is 1.16 bits per heavy atom. The van der Waals surface area contributed by atoms with Crippen LogP contribution in [0.5, 0.6) is 23.0 Å². The van der Waals surface area contributed by atoms with Gasteiger partial charge in [0.25, 0.3) is 0 Å². The van der Waals surface area contributed by atoms with Crippen molar-refractivity contribution in [1.29, 1.82) is 0 Å². The van der Waals surface area contributed by atoms with Gasteiger partial charge >= 0.3 is 0 Å². The van der Waals surface area contributed by atoms with E-state index >= 15 is 0 Å². The van der Waals surface area contributed by atoms with Crippen molar-refractivity contribution in [1.82, 2.24) is 0 Å². The second kappa shape index (κ2) is 14.8. The third kappa shape index (κ3) is 9.73. The summed E-state index contributed by atoms with van der Waals surface area (Å²) in [6.45, 7) is 6.87. The summed E-state index contributed by atoms with van der Waals surface area (Å²) < 4.78 is 68.8. The monoisotopic (exact) mass is 652 g/mol. The molecule has 0 fully saturated rings. The molecular formula is C35H40O8S2. The van der Waals surface area contributed by atoms with E-state index < -0.39 is 19.7 Å². The van der Waals surface area contributed by atoms with Crippen molar-refractivity contribution in [2.75, 3.05) is 13.2 Å². The highest BCUT2D eigenvalue weighted by atomic mass is 32.2. The third-order valence-electron chi connectivity index (χ3n) is 6.80. The Kier molecular flexibility index (Phi) is 11.2. The molecule has 10 heteroatoms. The Balaban J connectivity index is 1.11. The predicted molar refractivity (Wildman–Crippen MR) is 173 cm³/mol. The minimum absolute atomic E-state index is 0.00934. The molecule has 0 aliphatic rings. The van der Waals surface area contributed by atoms with Gasteiger partial charge in [-0.25, -0.2) is 16.8 Å². The molecular weight excluding hydrogens is 613 g/mol. The molecule has 0 saturated carbocycles. The molecule has 0 aliphatic heterocycles. The molecule has 0 spiro atoms. The molecule has 0 heterocycles. The van der Waals surface area contributed by atoms with Gasteiger partial charge in [0.1, 0.15) is 28.6 Å².